The van der Waals surface area contributed by atoms with Gasteiger partial charge in [-0.15, -0.1) is 0 Å². The number of carbonyl (C=O) groups is 1. The van der Waals surface area contributed by atoms with Gasteiger partial charge in [-0.05, 0) is 30.3 Å². The molecule has 27 heavy (non-hydrogen) atoms. The smallest absolute Gasteiger partial charge is 0.276 e. The second-order valence-electron chi connectivity index (χ2n) is 5.44. The number of nitro benzene ring substituents is 1. The SMILES string of the molecule is COc1ccc(NC(=O)c2ccn(-c3ccc([N+](=O)[O-])cc3)n2)c(OC)c1. The molecular formula is C18H16N4O5. The standard InChI is InChI=1S/C18H16N4O5/c1-26-14-7-8-15(17(11-14)27-2)19-18(23)16-9-10-21(20-16)12-3-5-13(6-4-12)22(24)25/h3-11H,1-2H3,(H,19,23). The van der Waals surface area contributed by atoms with E-state index in [2.05, 4.69) is 10.4 Å². The van der Waals surface area contributed by atoms with Crippen LogP contribution in [-0.4, -0.2) is 34.8 Å². The molecule has 0 saturated heterocycles. The van der Waals surface area contributed by atoms with Crippen LogP contribution in [0.1, 0.15) is 10.5 Å². The third-order valence-electron chi connectivity index (χ3n) is 3.80. The summed E-state index contributed by atoms with van der Waals surface area (Å²) in [6.07, 6.45) is 1.60. The third-order valence-corrected chi connectivity index (χ3v) is 3.80. The number of amides is 1. The number of nitrogens with one attached hydrogen (secondary N) is 1. The summed E-state index contributed by atoms with van der Waals surface area (Å²) in [4.78, 5) is 22.7. The molecular weight excluding hydrogens is 352 g/mol. The van der Waals surface area contributed by atoms with E-state index in [4.69, 9.17) is 9.47 Å². The Morgan fingerprint density at radius 3 is 2.48 bits per heavy atom. The molecule has 0 radical (unpaired) electrons. The van der Waals surface area contributed by atoms with Gasteiger partial charge in [0.2, 0.25) is 0 Å². The molecule has 0 saturated carbocycles. The number of carbonyl (C=O) groups excluding carboxylic acids is 1. The Kier molecular flexibility index (Phi) is 5.02. The summed E-state index contributed by atoms with van der Waals surface area (Å²) < 4.78 is 11.8. The number of rotatable bonds is 6. The van der Waals surface area contributed by atoms with Gasteiger partial charge in [0.15, 0.2) is 5.69 Å². The summed E-state index contributed by atoms with van der Waals surface area (Å²) in [7, 11) is 3.03. The minimum absolute atomic E-state index is 0.0181. The highest BCUT2D eigenvalue weighted by atomic mass is 16.6. The lowest BCUT2D eigenvalue weighted by Crippen LogP contribution is -2.14. The largest absolute Gasteiger partial charge is 0.497 e. The summed E-state index contributed by atoms with van der Waals surface area (Å²) in [6.45, 7) is 0. The van der Waals surface area contributed by atoms with Crippen LogP contribution in [0, 0.1) is 10.1 Å². The summed E-state index contributed by atoms with van der Waals surface area (Å²) in [5.74, 6) is 0.643. The monoisotopic (exact) mass is 368 g/mol. The van der Waals surface area contributed by atoms with Crippen LogP contribution >= 0.6 is 0 Å². The van der Waals surface area contributed by atoms with Gasteiger partial charge in [0.1, 0.15) is 11.5 Å². The van der Waals surface area contributed by atoms with E-state index in [0.717, 1.165) is 0 Å². The molecule has 0 fully saturated rings. The van der Waals surface area contributed by atoms with Gasteiger partial charge in [-0.3, -0.25) is 14.9 Å². The quantitative estimate of drug-likeness (QED) is 0.529. The minimum atomic E-state index is -0.478. The van der Waals surface area contributed by atoms with Crippen LogP contribution in [0.2, 0.25) is 0 Å². The van der Waals surface area contributed by atoms with Gasteiger partial charge >= 0.3 is 0 Å². The number of anilines is 1. The Labute approximate surface area is 154 Å². The van der Waals surface area contributed by atoms with Crippen molar-refractivity contribution in [3.8, 4) is 17.2 Å². The Hall–Kier alpha value is -3.88. The molecule has 0 spiro atoms. The maximum Gasteiger partial charge on any atom is 0.276 e. The Morgan fingerprint density at radius 2 is 1.85 bits per heavy atom. The van der Waals surface area contributed by atoms with Crippen molar-refractivity contribution in [3.63, 3.8) is 0 Å². The summed E-state index contributed by atoms with van der Waals surface area (Å²) in [6, 6.07) is 12.4. The fraction of sp³-hybridized carbons (Fsp3) is 0.111. The van der Waals surface area contributed by atoms with E-state index < -0.39 is 10.8 Å². The first kappa shape index (κ1) is 17.9. The predicted octanol–water partition coefficient (Wildman–Crippen LogP) is 3.05. The molecule has 0 bridgehead atoms. The first-order valence-corrected chi connectivity index (χ1v) is 7.85. The molecule has 2 aromatic carbocycles. The van der Waals surface area contributed by atoms with Crippen molar-refractivity contribution in [1.82, 2.24) is 9.78 Å². The Balaban J connectivity index is 1.78. The lowest BCUT2D eigenvalue weighted by atomic mass is 10.2. The van der Waals surface area contributed by atoms with Crippen LogP contribution in [-0.2, 0) is 0 Å². The lowest BCUT2D eigenvalue weighted by Gasteiger charge is -2.10. The highest BCUT2D eigenvalue weighted by molar-refractivity contribution is 6.03. The van der Waals surface area contributed by atoms with Crippen LogP contribution in [0.25, 0.3) is 5.69 Å². The Morgan fingerprint density at radius 1 is 1.11 bits per heavy atom. The van der Waals surface area contributed by atoms with Crippen molar-refractivity contribution >= 4 is 17.3 Å². The Bertz CT molecular complexity index is 982. The minimum Gasteiger partial charge on any atom is -0.497 e. The fourth-order valence-electron chi connectivity index (χ4n) is 2.40. The van der Waals surface area contributed by atoms with E-state index >= 15 is 0 Å². The number of nitrogens with zero attached hydrogens (tertiary/aromatic N) is 3. The molecule has 1 aromatic heterocycles. The van der Waals surface area contributed by atoms with Crippen LogP contribution in [0.4, 0.5) is 11.4 Å². The predicted molar refractivity (Wildman–Crippen MR) is 97.7 cm³/mol. The fourth-order valence-corrected chi connectivity index (χ4v) is 2.40. The van der Waals surface area contributed by atoms with Crippen molar-refractivity contribution < 1.29 is 19.2 Å². The van der Waals surface area contributed by atoms with Crippen molar-refractivity contribution in [2.45, 2.75) is 0 Å². The number of ether oxygens (including phenoxy) is 2. The average Bonchev–Trinajstić information content (AvgIpc) is 3.18. The molecule has 0 unspecified atom stereocenters. The molecule has 9 nitrogen and oxygen atoms in total. The molecule has 1 N–H and O–H groups in total. The lowest BCUT2D eigenvalue weighted by molar-refractivity contribution is -0.384. The van der Waals surface area contributed by atoms with E-state index in [1.54, 1.807) is 42.6 Å². The number of aromatic nitrogens is 2. The molecule has 0 aliphatic carbocycles. The van der Waals surface area contributed by atoms with E-state index in [-0.39, 0.29) is 11.4 Å². The van der Waals surface area contributed by atoms with Gasteiger partial charge in [-0.25, -0.2) is 4.68 Å². The molecule has 3 rings (SSSR count). The topological polar surface area (TPSA) is 109 Å². The molecule has 0 aliphatic heterocycles. The van der Waals surface area contributed by atoms with Gasteiger partial charge < -0.3 is 14.8 Å². The normalized spacial score (nSPS) is 10.3. The van der Waals surface area contributed by atoms with Gasteiger partial charge in [0.25, 0.3) is 11.6 Å². The molecule has 9 heteroatoms. The van der Waals surface area contributed by atoms with Gasteiger partial charge in [-0.2, -0.15) is 5.10 Å². The number of hydrogen-bond acceptors (Lipinski definition) is 6. The average molecular weight is 368 g/mol. The maximum atomic E-state index is 12.5. The summed E-state index contributed by atoms with van der Waals surface area (Å²) in [5, 5.41) is 17.7. The van der Waals surface area contributed by atoms with E-state index in [1.807, 2.05) is 0 Å². The van der Waals surface area contributed by atoms with Gasteiger partial charge in [0.05, 0.1) is 30.5 Å². The van der Waals surface area contributed by atoms with Crippen LogP contribution < -0.4 is 14.8 Å². The second kappa shape index (κ2) is 7.56. The van der Waals surface area contributed by atoms with Crippen molar-refractivity contribution in [2.24, 2.45) is 0 Å². The van der Waals surface area contributed by atoms with Crippen molar-refractivity contribution in [1.29, 1.82) is 0 Å². The summed E-state index contributed by atoms with van der Waals surface area (Å²) in [5.41, 5.74) is 1.25. The van der Waals surface area contributed by atoms with Gasteiger partial charge in [0, 0.05) is 24.4 Å². The number of hydrogen-bond donors (Lipinski definition) is 1. The number of methoxy groups -OCH3 is 2. The molecule has 1 heterocycles. The highest BCUT2D eigenvalue weighted by Gasteiger charge is 2.14. The molecule has 0 atom stereocenters. The second-order valence-corrected chi connectivity index (χ2v) is 5.44. The number of benzene rings is 2. The van der Waals surface area contributed by atoms with Crippen LogP contribution in [0.15, 0.2) is 54.7 Å². The first-order valence-electron chi connectivity index (χ1n) is 7.85. The molecule has 3 aromatic rings. The molecule has 1 amide bonds. The van der Waals surface area contributed by atoms with Crippen molar-refractivity contribution in [2.75, 3.05) is 19.5 Å². The number of nitro groups is 1. The maximum absolute atomic E-state index is 12.5. The van der Waals surface area contributed by atoms with E-state index in [1.165, 1.54) is 31.0 Å². The number of non-ortho nitro benzene ring substituents is 1. The highest BCUT2D eigenvalue weighted by Crippen LogP contribution is 2.29. The molecule has 138 valence electrons. The first-order chi connectivity index (χ1) is 13.0. The zero-order valence-corrected chi connectivity index (χ0v) is 14.6. The molecule has 0 aliphatic rings. The van der Waals surface area contributed by atoms with Crippen LogP contribution in [0.3, 0.4) is 0 Å². The van der Waals surface area contributed by atoms with Crippen LogP contribution in [0.5, 0.6) is 11.5 Å². The zero-order chi connectivity index (χ0) is 19.4. The van der Waals surface area contributed by atoms with E-state index in [0.29, 0.717) is 22.9 Å². The van der Waals surface area contributed by atoms with Gasteiger partial charge in [-0.1, -0.05) is 0 Å². The zero-order valence-electron chi connectivity index (χ0n) is 14.6. The van der Waals surface area contributed by atoms with E-state index in [9.17, 15) is 14.9 Å². The third kappa shape index (κ3) is 3.87. The summed E-state index contributed by atoms with van der Waals surface area (Å²) >= 11 is 0. The van der Waals surface area contributed by atoms with Crippen molar-refractivity contribution in [3.05, 3.63) is 70.5 Å².